The maximum absolute atomic E-state index is 8.68. The van der Waals surface area contributed by atoms with Gasteiger partial charge in [0, 0.05) is 26.1 Å². The molecular formula is C13H19ClN4. The van der Waals surface area contributed by atoms with Crippen LogP contribution in [0.3, 0.4) is 0 Å². The average Bonchev–Trinajstić information content (AvgIpc) is 2.30. The van der Waals surface area contributed by atoms with Crippen molar-refractivity contribution in [2.75, 3.05) is 18.8 Å². The molecule has 1 aromatic heterocycles. The van der Waals surface area contributed by atoms with E-state index in [9.17, 15) is 0 Å². The van der Waals surface area contributed by atoms with Gasteiger partial charge >= 0.3 is 0 Å². The molecule has 0 aliphatic rings. The van der Waals surface area contributed by atoms with Gasteiger partial charge in [0.2, 0.25) is 0 Å². The first-order chi connectivity index (χ1) is 8.52. The topological polar surface area (TPSA) is 65.9 Å². The third-order valence-corrected chi connectivity index (χ3v) is 2.82. The Morgan fingerprint density at radius 1 is 1.50 bits per heavy atom. The van der Waals surface area contributed by atoms with Crippen LogP contribution in [-0.4, -0.2) is 23.0 Å². The molecule has 1 heterocycles. The molecule has 0 aliphatic carbocycles. The molecule has 0 amide bonds. The van der Waals surface area contributed by atoms with Crippen LogP contribution in [0, 0.1) is 17.2 Å². The maximum Gasteiger partial charge on any atom is 0.123 e. The minimum Gasteiger partial charge on any atom is -0.384 e. The molecule has 18 heavy (non-hydrogen) atoms. The number of hydrogen-bond acceptors (Lipinski definition) is 4. The Morgan fingerprint density at radius 2 is 2.22 bits per heavy atom. The van der Waals surface area contributed by atoms with Crippen molar-refractivity contribution in [2.24, 2.45) is 5.92 Å². The van der Waals surface area contributed by atoms with E-state index in [0.29, 0.717) is 29.7 Å². The molecule has 0 unspecified atom stereocenters. The van der Waals surface area contributed by atoms with Crippen LogP contribution in [0.2, 0.25) is 5.02 Å². The predicted octanol–water partition coefficient (Wildman–Crippen LogP) is 2.69. The number of nitrogens with zero attached hydrogens (tertiary/aromatic N) is 3. The number of nitriles is 1. The summed E-state index contributed by atoms with van der Waals surface area (Å²) in [6, 6.07) is 5.61. The molecule has 0 aromatic carbocycles. The van der Waals surface area contributed by atoms with Gasteiger partial charge in [-0.15, -0.1) is 0 Å². The number of pyridine rings is 1. The zero-order chi connectivity index (χ0) is 13.5. The van der Waals surface area contributed by atoms with Crippen LogP contribution < -0.4 is 5.73 Å². The highest BCUT2D eigenvalue weighted by Gasteiger charge is 2.11. The Bertz CT molecular complexity index is 425. The number of nitrogens with two attached hydrogens (primary N) is 1. The summed E-state index contributed by atoms with van der Waals surface area (Å²) in [5.41, 5.74) is 6.44. The number of halogens is 1. The summed E-state index contributed by atoms with van der Waals surface area (Å²) in [7, 11) is 0. The Kier molecular flexibility index (Phi) is 5.90. The summed E-state index contributed by atoms with van der Waals surface area (Å²) in [4.78, 5) is 6.43. The highest BCUT2D eigenvalue weighted by atomic mass is 35.5. The van der Waals surface area contributed by atoms with Gasteiger partial charge in [-0.3, -0.25) is 4.90 Å². The number of rotatable bonds is 6. The average molecular weight is 267 g/mol. The largest absolute Gasteiger partial charge is 0.384 e. The SMILES string of the molecule is CC(C)CN(CCC#N)Cc1nc(N)ccc1Cl. The van der Waals surface area contributed by atoms with Gasteiger partial charge in [0.15, 0.2) is 0 Å². The van der Waals surface area contributed by atoms with Crippen molar-refractivity contribution in [1.29, 1.82) is 5.26 Å². The molecule has 0 bridgehead atoms. The number of nitrogen functional groups attached to an aromatic ring is 1. The highest BCUT2D eigenvalue weighted by molar-refractivity contribution is 6.31. The van der Waals surface area contributed by atoms with Gasteiger partial charge in [-0.1, -0.05) is 25.4 Å². The smallest absolute Gasteiger partial charge is 0.123 e. The van der Waals surface area contributed by atoms with E-state index in [4.69, 9.17) is 22.6 Å². The zero-order valence-electron chi connectivity index (χ0n) is 10.9. The van der Waals surface area contributed by atoms with Gasteiger partial charge in [-0.05, 0) is 18.1 Å². The molecule has 5 heteroatoms. The Balaban J connectivity index is 2.75. The lowest BCUT2D eigenvalue weighted by atomic mass is 10.2. The lowest BCUT2D eigenvalue weighted by Crippen LogP contribution is -2.29. The van der Waals surface area contributed by atoms with Gasteiger partial charge in [0.1, 0.15) is 5.82 Å². The first-order valence-electron chi connectivity index (χ1n) is 6.03. The van der Waals surface area contributed by atoms with E-state index in [1.807, 2.05) is 0 Å². The lowest BCUT2D eigenvalue weighted by Gasteiger charge is -2.23. The van der Waals surface area contributed by atoms with E-state index in [2.05, 4.69) is 29.8 Å². The first kappa shape index (κ1) is 14.7. The minimum atomic E-state index is 0.471. The summed E-state index contributed by atoms with van der Waals surface area (Å²) in [6.07, 6.45) is 0.507. The molecule has 0 spiro atoms. The van der Waals surface area contributed by atoms with Gasteiger partial charge in [-0.2, -0.15) is 5.26 Å². The second kappa shape index (κ2) is 7.20. The van der Waals surface area contributed by atoms with Crippen molar-refractivity contribution < 1.29 is 0 Å². The van der Waals surface area contributed by atoms with E-state index < -0.39 is 0 Å². The molecular weight excluding hydrogens is 248 g/mol. The fourth-order valence-electron chi connectivity index (χ4n) is 1.78. The van der Waals surface area contributed by atoms with Crippen LogP contribution in [0.4, 0.5) is 5.82 Å². The maximum atomic E-state index is 8.68. The fourth-order valence-corrected chi connectivity index (χ4v) is 1.95. The lowest BCUT2D eigenvalue weighted by molar-refractivity contribution is 0.239. The second-order valence-electron chi connectivity index (χ2n) is 4.70. The Hall–Kier alpha value is -1.31. The van der Waals surface area contributed by atoms with Crippen LogP contribution in [0.5, 0.6) is 0 Å². The quantitative estimate of drug-likeness (QED) is 0.860. The molecule has 0 radical (unpaired) electrons. The monoisotopic (exact) mass is 266 g/mol. The van der Waals surface area contributed by atoms with E-state index in [-0.39, 0.29) is 0 Å². The first-order valence-corrected chi connectivity index (χ1v) is 6.41. The van der Waals surface area contributed by atoms with Crippen LogP contribution in [-0.2, 0) is 6.54 Å². The van der Waals surface area contributed by atoms with Crippen molar-refractivity contribution in [1.82, 2.24) is 9.88 Å². The number of hydrogen-bond donors (Lipinski definition) is 1. The van der Waals surface area contributed by atoms with Gasteiger partial charge in [0.05, 0.1) is 16.8 Å². The van der Waals surface area contributed by atoms with Crippen molar-refractivity contribution in [3.8, 4) is 6.07 Å². The zero-order valence-corrected chi connectivity index (χ0v) is 11.6. The number of anilines is 1. The van der Waals surface area contributed by atoms with Gasteiger partial charge in [0.25, 0.3) is 0 Å². The molecule has 98 valence electrons. The standard InChI is InChI=1S/C13H19ClN4/c1-10(2)8-18(7-3-6-15)9-12-11(14)4-5-13(16)17-12/h4-5,10H,3,7-9H2,1-2H3,(H2,16,17). The molecule has 0 saturated heterocycles. The summed E-state index contributed by atoms with van der Waals surface area (Å²) >= 11 is 6.10. The van der Waals surface area contributed by atoms with Crippen LogP contribution in [0.1, 0.15) is 26.0 Å². The molecule has 4 nitrogen and oxygen atoms in total. The molecule has 0 fully saturated rings. The van der Waals surface area contributed by atoms with Crippen molar-refractivity contribution in [3.63, 3.8) is 0 Å². The van der Waals surface area contributed by atoms with Gasteiger partial charge < -0.3 is 5.73 Å². The van der Waals surface area contributed by atoms with Crippen molar-refractivity contribution >= 4 is 17.4 Å². The van der Waals surface area contributed by atoms with E-state index >= 15 is 0 Å². The molecule has 0 atom stereocenters. The summed E-state index contributed by atoms with van der Waals surface area (Å²) in [6.45, 7) is 6.56. The van der Waals surface area contributed by atoms with E-state index in [1.54, 1.807) is 12.1 Å². The summed E-state index contributed by atoms with van der Waals surface area (Å²) < 4.78 is 0. The van der Waals surface area contributed by atoms with Crippen LogP contribution in [0.25, 0.3) is 0 Å². The minimum absolute atomic E-state index is 0.471. The van der Waals surface area contributed by atoms with Gasteiger partial charge in [-0.25, -0.2) is 4.98 Å². The molecule has 2 N–H and O–H groups in total. The summed E-state index contributed by atoms with van der Waals surface area (Å²) in [5.74, 6) is 1.00. The number of aromatic nitrogens is 1. The molecule has 0 saturated carbocycles. The summed E-state index contributed by atoms with van der Waals surface area (Å²) in [5, 5.41) is 9.30. The van der Waals surface area contributed by atoms with Crippen molar-refractivity contribution in [2.45, 2.75) is 26.8 Å². The van der Waals surface area contributed by atoms with Crippen molar-refractivity contribution in [3.05, 3.63) is 22.8 Å². The predicted molar refractivity (Wildman–Crippen MR) is 74.0 cm³/mol. The Labute approximate surface area is 113 Å². The molecule has 1 rings (SSSR count). The fraction of sp³-hybridized carbons (Fsp3) is 0.538. The van der Waals surface area contributed by atoms with E-state index in [1.165, 1.54) is 0 Å². The second-order valence-corrected chi connectivity index (χ2v) is 5.11. The van der Waals surface area contributed by atoms with E-state index in [0.717, 1.165) is 18.8 Å². The molecule has 0 aliphatic heterocycles. The van der Waals surface area contributed by atoms with Crippen LogP contribution >= 0.6 is 11.6 Å². The van der Waals surface area contributed by atoms with Crippen LogP contribution in [0.15, 0.2) is 12.1 Å². The third kappa shape index (κ3) is 4.91. The molecule has 1 aromatic rings. The highest BCUT2D eigenvalue weighted by Crippen LogP contribution is 2.17. The Morgan fingerprint density at radius 3 is 2.83 bits per heavy atom. The third-order valence-electron chi connectivity index (χ3n) is 2.48. The normalized spacial score (nSPS) is 10.9.